The first-order valence-electron chi connectivity index (χ1n) is 5.80. The summed E-state index contributed by atoms with van der Waals surface area (Å²) >= 11 is 0. The van der Waals surface area contributed by atoms with Crippen molar-refractivity contribution in [2.45, 2.75) is 26.2 Å². The maximum Gasteiger partial charge on any atom is 0.303 e. The molecule has 0 fully saturated rings. The van der Waals surface area contributed by atoms with Crippen LogP contribution >= 0.6 is 0 Å². The summed E-state index contributed by atoms with van der Waals surface area (Å²) in [5.41, 5.74) is 0.864. The third-order valence-corrected chi connectivity index (χ3v) is 2.48. The van der Waals surface area contributed by atoms with Crippen LogP contribution in [0.1, 0.15) is 25.3 Å². The van der Waals surface area contributed by atoms with Gasteiger partial charge in [0.15, 0.2) is 11.6 Å². The molecule has 2 N–H and O–H groups in total. The summed E-state index contributed by atoms with van der Waals surface area (Å²) in [4.78, 5) is 21.4. The molecule has 0 unspecified atom stereocenters. The lowest BCUT2D eigenvalue weighted by molar-refractivity contribution is -0.137. The fraction of sp³-hybridized carbons (Fsp3) is 0.385. The molecule has 1 rings (SSSR count). The average Bonchev–Trinajstić information content (AvgIpc) is 2.27. The van der Waals surface area contributed by atoms with Crippen molar-refractivity contribution in [3.05, 3.63) is 23.5 Å². The Morgan fingerprint density at radius 3 is 2.63 bits per heavy atom. The number of carbonyl (C=O) groups is 2. The largest absolute Gasteiger partial charge is 0.493 e. The first kappa shape index (κ1) is 14.9. The number of carboxylic acids is 1. The first-order chi connectivity index (χ1) is 8.93. The molecule has 104 valence electrons. The number of halogens is 1. The maximum absolute atomic E-state index is 13.8. The lowest BCUT2D eigenvalue weighted by Crippen LogP contribution is -2.07. The van der Waals surface area contributed by atoms with Gasteiger partial charge in [0.2, 0.25) is 5.91 Å². The average molecular weight is 269 g/mol. The quantitative estimate of drug-likeness (QED) is 0.830. The molecule has 0 aliphatic heterocycles. The molecule has 5 nitrogen and oxygen atoms in total. The number of amides is 1. The van der Waals surface area contributed by atoms with E-state index in [4.69, 9.17) is 9.84 Å². The Hall–Kier alpha value is -2.11. The Kier molecular flexibility index (Phi) is 5.29. The summed E-state index contributed by atoms with van der Waals surface area (Å²) < 4.78 is 18.7. The second kappa shape index (κ2) is 6.72. The van der Waals surface area contributed by atoms with Crippen LogP contribution in [-0.2, 0) is 16.0 Å². The molecule has 0 heterocycles. The summed E-state index contributed by atoms with van der Waals surface area (Å²) in [5.74, 6) is -1.71. The van der Waals surface area contributed by atoms with Gasteiger partial charge >= 0.3 is 5.97 Å². The van der Waals surface area contributed by atoms with Gasteiger partial charge in [0.05, 0.1) is 7.11 Å². The molecule has 0 saturated heterocycles. The number of carbonyl (C=O) groups excluding carboxylic acids is 1. The standard InChI is InChI=1S/C13H16FNO4/c1-8(16)15-10-6-9(4-3-5-12(17)18)13(19-2)11(14)7-10/h6-7H,3-5H2,1-2H3,(H,15,16)(H,17,18). The summed E-state index contributed by atoms with van der Waals surface area (Å²) in [5, 5.41) is 11.1. The van der Waals surface area contributed by atoms with Gasteiger partial charge in [0.25, 0.3) is 0 Å². The molecule has 0 saturated carbocycles. The van der Waals surface area contributed by atoms with E-state index in [1.807, 2.05) is 0 Å². The monoisotopic (exact) mass is 269 g/mol. The van der Waals surface area contributed by atoms with Crippen molar-refractivity contribution < 1.29 is 23.8 Å². The van der Waals surface area contributed by atoms with Gasteiger partial charge in [-0.05, 0) is 24.5 Å². The van der Waals surface area contributed by atoms with Crippen LogP contribution in [-0.4, -0.2) is 24.1 Å². The molecule has 0 radical (unpaired) electrons. The SMILES string of the molecule is COc1c(F)cc(NC(C)=O)cc1CCCC(=O)O. The zero-order chi connectivity index (χ0) is 14.4. The van der Waals surface area contributed by atoms with Crippen molar-refractivity contribution in [1.82, 2.24) is 0 Å². The Balaban J connectivity index is 2.94. The van der Waals surface area contributed by atoms with E-state index in [1.165, 1.54) is 20.1 Å². The molecule has 1 amide bonds. The number of benzene rings is 1. The lowest BCUT2D eigenvalue weighted by Gasteiger charge is -2.12. The topological polar surface area (TPSA) is 75.6 Å². The van der Waals surface area contributed by atoms with E-state index in [1.54, 1.807) is 6.07 Å². The third kappa shape index (κ3) is 4.57. The molecule has 1 aromatic rings. The van der Waals surface area contributed by atoms with Crippen LogP contribution in [0, 0.1) is 5.82 Å². The minimum atomic E-state index is -0.905. The van der Waals surface area contributed by atoms with Crippen LogP contribution in [0.25, 0.3) is 0 Å². The number of anilines is 1. The number of rotatable bonds is 6. The maximum atomic E-state index is 13.8. The summed E-state index contributed by atoms with van der Waals surface area (Å²) in [6.07, 6.45) is 0.726. The molecule has 6 heteroatoms. The molecule has 0 aliphatic rings. The van der Waals surface area contributed by atoms with E-state index in [0.29, 0.717) is 24.1 Å². The van der Waals surface area contributed by atoms with Crippen LogP contribution < -0.4 is 10.1 Å². The van der Waals surface area contributed by atoms with E-state index < -0.39 is 11.8 Å². The zero-order valence-corrected chi connectivity index (χ0v) is 10.8. The molecule has 0 atom stereocenters. The van der Waals surface area contributed by atoms with Crippen molar-refractivity contribution in [3.63, 3.8) is 0 Å². The Labute approximate surface area is 110 Å². The predicted octanol–water partition coefficient (Wildman–Crippen LogP) is 2.20. The van der Waals surface area contributed by atoms with Crippen LogP contribution in [0.2, 0.25) is 0 Å². The third-order valence-electron chi connectivity index (χ3n) is 2.48. The van der Waals surface area contributed by atoms with Gasteiger partial charge in [-0.25, -0.2) is 4.39 Å². The normalized spacial score (nSPS) is 10.1. The second-order valence-electron chi connectivity index (χ2n) is 4.08. The number of hydrogen-bond donors (Lipinski definition) is 2. The summed E-state index contributed by atoms with van der Waals surface area (Å²) in [7, 11) is 1.34. The van der Waals surface area contributed by atoms with Gasteiger partial charge in [-0.2, -0.15) is 0 Å². The molecular weight excluding hydrogens is 253 g/mol. The summed E-state index contributed by atoms with van der Waals surface area (Å²) in [6, 6.07) is 2.76. The highest BCUT2D eigenvalue weighted by atomic mass is 19.1. The van der Waals surface area contributed by atoms with E-state index in [-0.39, 0.29) is 18.1 Å². The number of methoxy groups -OCH3 is 1. The van der Waals surface area contributed by atoms with Crippen molar-refractivity contribution in [2.24, 2.45) is 0 Å². The van der Waals surface area contributed by atoms with Crippen molar-refractivity contribution >= 4 is 17.6 Å². The molecule has 0 aromatic heterocycles. The smallest absolute Gasteiger partial charge is 0.303 e. The number of nitrogens with one attached hydrogen (secondary N) is 1. The molecular formula is C13H16FNO4. The van der Waals surface area contributed by atoms with E-state index in [9.17, 15) is 14.0 Å². The van der Waals surface area contributed by atoms with Crippen LogP contribution in [0.5, 0.6) is 5.75 Å². The van der Waals surface area contributed by atoms with Gasteiger partial charge in [-0.3, -0.25) is 9.59 Å². The van der Waals surface area contributed by atoms with Gasteiger partial charge in [-0.1, -0.05) is 0 Å². The highest BCUT2D eigenvalue weighted by Crippen LogP contribution is 2.28. The van der Waals surface area contributed by atoms with Crippen LogP contribution in [0.3, 0.4) is 0 Å². The van der Waals surface area contributed by atoms with Gasteiger partial charge in [-0.15, -0.1) is 0 Å². The Morgan fingerprint density at radius 1 is 1.42 bits per heavy atom. The zero-order valence-electron chi connectivity index (χ0n) is 10.8. The van der Waals surface area contributed by atoms with E-state index in [2.05, 4.69) is 5.32 Å². The number of carboxylic acid groups (broad SMARTS) is 1. The van der Waals surface area contributed by atoms with Crippen LogP contribution in [0.15, 0.2) is 12.1 Å². The minimum Gasteiger partial charge on any atom is -0.493 e. The Morgan fingerprint density at radius 2 is 2.11 bits per heavy atom. The van der Waals surface area contributed by atoms with Gasteiger partial charge in [0, 0.05) is 25.1 Å². The van der Waals surface area contributed by atoms with E-state index in [0.717, 1.165) is 0 Å². The van der Waals surface area contributed by atoms with Crippen molar-refractivity contribution in [2.75, 3.05) is 12.4 Å². The number of hydrogen-bond acceptors (Lipinski definition) is 3. The molecule has 0 spiro atoms. The highest BCUT2D eigenvalue weighted by Gasteiger charge is 2.12. The fourth-order valence-electron chi connectivity index (χ4n) is 1.77. The highest BCUT2D eigenvalue weighted by molar-refractivity contribution is 5.88. The number of ether oxygens (including phenoxy) is 1. The lowest BCUT2D eigenvalue weighted by atomic mass is 10.1. The predicted molar refractivity (Wildman–Crippen MR) is 67.8 cm³/mol. The van der Waals surface area contributed by atoms with Crippen molar-refractivity contribution in [1.29, 1.82) is 0 Å². The second-order valence-corrected chi connectivity index (χ2v) is 4.08. The van der Waals surface area contributed by atoms with Gasteiger partial charge < -0.3 is 15.2 Å². The molecule has 19 heavy (non-hydrogen) atoms. The number of aryl methyl sites for hydroxylation is 1. The molecule has 0 bridgehead atoms. The molecule has 1 aromatic carbocycles. The first-order valence-corrected chi connectivity index (χ1v) is 5.80. The minimum absolute atomic E-state index is 0.00482. The van der Waals surface area contributed by atoms with Gasteiger partial charge in [0.1, 0.15) is 0 Å². The van der Waals surface area contributed by atoms with Crippen molar-refractivity contribution in [3.8, 4) is 5.75 Å². The summed E-state index contributed by atoms with van der Waals surface area (Å²) in [6.45, 7) is 1.33. The Bertz CT molecular complexity index is 488. The molecule has 0 aliphatic carbocycles. The van der Waals surface area contributed by atoms with E-state index >= 15 is 0 Å². The number of aliphatic carboxylic acids is 1. The van der Waals surface area contributed by atoms with Crippen LogP contribution in [0.4, 0.5) is 10.1 Å². The fourth-order valence-corrected chi connectivity index (χ4v) is 1.77.